The highest BCUT2D eigenvalue weighted by molar-refractivity contribution is 5.94. The van der Waals surface area contributed by atoms with Gasteiger partial charge < -0.3 is 37.0 Å². The Morgan fingerprint density at radius 3 is 2.23 bits per heavy atom. The van der Waals surface area contributed by atoms with E-state index < -0.39 is 58.9 Å². The van der Waals surface area contributed by atoms with Crippen molar-refractivity contribution in [3.63, 3.8) is 0 Å². The van der Waals surface area contributed by atoms with Crippen LogP contribution in [0.15, 0.2) is 0 Å². The number of hydrogen-bond acceptors (Lipinski definition) is 6. The third kappa shape index (κ3) is 6.64. The van der Waals surface area contributed by atoms with Crippen molar-refractivity contribution in [1.29, 1.82) is 0 Å². The van der Waals surface area contributed by atoms with E-state index in [1.54, 1.807) is 0 Å². The summed E-state index contributed by atoms with van der Waals surface area (Å²) in [6.45, 7) is 15.9. The smallest absolute Gasteiger partial charge is 0.315 e. The molecule has 2 saturated heterocycles. The van der Waals surface area contributed by atoms with Crippen LogP contribution in [0.25, 0.3) is 0 Å². The fraction of sp³-hybridized carbons (Fsp3) is 0.815. The minimum Gasteiger partial charge on any atom is -0.381 e. The topological polar surface area (TPSA) is 183 Å². The summed E-state index contributed by atoms with van der Waals surface area (Å²) in [4.78, 5) is 66.0. The van der Waals surface area contributed by atoms with E-state index in [2.05, 4.69) is 21.3 Å². The minimum atomic E-state index is -1.69. The molecule has 7 unspecified atom stereocenters. The number of piperidine rings is 1. The number of hydrogen-bond donors (Lipinski definition) is 6. The number of likely N-dealkylation sites (tertiary alicyclic amines) is 1. The van der Waals surface area contributed by atoms with Gasteiger partial charge in [-0.3, -0.25) is 19.2 Å². The highest BCUT2D eigenvalue weighted by atomic mass is 16.3. The van der Waals surface area contributed by atoms with E-state index in [0.29, 0.717) is 19.5 Å². The zero-order valence-electron chi connectivity index (χ0n) is 24.4. The predicted molar refractivity (Wildman–Crippen MR) is 144 cm³/mol. The third-order valence-corrected chi connectivity index (χ3v) is 8.34. The van der Waals surface area contributed by atoms with Crippen LogP contribution in [0.1, 0.15) is 68.2 Å². The van der Waals surface area contributed by atoms with E-state index in [1.807, 2.05) is 55.4 Å². The maximum atomic E-state index is 14.0. The molecular formula is C27H46N6O6. The van der Waals surface area contributed by atoms with Crippen molar-refractivity contribution in [2.45, 2.75) is 98.0 Å². The molecule has 0 aromatic rings. The second kappa shape index (κ2) is 10.6. The molecule has 3 rings (SSSR count). The van der Waals surface area contributed by atoms with Crippen molar-refractivity contribution in [1.82, 2.24) is 26.2 Å². The summed E-state index contributed by atoms with van der Waals surface area (Å²) in [5.41, 5.74) is 4.00. The molecule has 7 atom stereocenters. The summed E-state index contributed by atoms with van der Waals surface area (Å²) in [6, 6.07) is -3.35. The second-order valence-electron chi connectivity index (χ2n) is 14.0. The van der Waals surface area contributed by atoms with Gasteiger partial charge in [-0.1, -0.05) is 34.6 Å². The number of aliphatic hydroxyl groups excluding tert-OH is 1. The third-order valence-electron chi connectivity index (χ3n) is 8.34. The van der Waals surface area contributed by atoms with Crippen molar-refractivity contribution < 1.29 is 29.1 Å². The SMILES string of the molecule is CC(C)(C)NC(=O)NC(C(=O)N1CC2C(C1C(=O)NC(CC1CCNC1=O)C(O)C(N)=O)C2(C)C)C(C)(C)C. The lowest BCUT2D eigenvalue weighted by Gasteiger charge is -2.38. The number of nitrogens with two attached hydrogens (primary N) is 1. The van der Waals surface area contributed by atoms with Gasteiger partial charge in [0.1, 0.15) is 12.1 Å². The lowest BCUT2D eigenvalue weighted by atomic mass is 9.85. The number of rotatable bonds is 8. The van der Waals surface area contributed by atoms with E-state index in [4.69, 9.17) is 5.73 Å². The standard InChI is InChI=1S/C27H46N6O6/c1-25(2,3)19(31-24(39)32-26(4,5)6)23(38)33-12-14-16(27(14,7)8)17(33)22(37)30-15(18(34)20(28)35)11-13-9-10-29-21(13)36/h13-19,34H,9-12H2,1-8H3,(H2,28,35)(H,29,36)(H,30,37)(H2,31,32,39). The zero-order chi connectivity index (χ0) is 29.7. The number of primary amides is 1. The van der Waals surface area contributed by atoms with Crippen molar-refractivity contribution >= 4 is 29.7 Å². The Bertz CT molecular complexity index is 1020. The number of nitrogens with one attached hydrogen (secondary N) is 4. The van der Waals surface area contributed by atoms with E-state index in [1.165, 1.54) is 4.90 Å². The average Bonchev–Trinajstić information content (AvgIpc) is 3.14. The Kier molecular flexibility index (Phi) is 8.32. The maximum absolute atomic E-state index is 14.0. The van der Waals surface area contributed by atoms with Gasteiger partial charge in [0.05, 0.1) is 6.04 Å². The second-order valence-corrected chi connectivity index (χ2v) is 14.0. The molecule has 0 aromatic heterocycles. The molecule has 3 fully saturated rings. The summed E-state index contributed by atoms with van der Waals surface area (Å²) in [5, 5.41) is 21.6. The first-order valence-corrected chi connectivity index (χ1v) is 13.7. The molecule has 7 N–H and O–H groups in total. The van der Waals surface area contributed by atoms with Crippen LogP contribution in [0.5, 0.6) is 0 Å². The molecule has 3 aliphatic rings. The van der Waals surface area contributed by atoms with Crippen LogP contribution in [0.3, 0.4) is 0 Å². The molecule has 220 valence electrons. The van der Waals surface area contributed by atoms with Crippen molar-refractivity contribution in [2.75, 3.05) is 13.1 Å². The maximum Gasteiger partial charge on any atom is 0.315 e. The lowest BCUT2D eigenvalue weighted by Crippen LogP contribution is -2.62. The van der Waals surface area contributed by atoms with E-state index >= 15 is 0 Å². The van der Waals surface area contributed by atoms with Gasteiger partial charge in [-0.15, -0.1) is 0 Å². The highest BCUT2D eigenvalue weighted by Gasteiger charge is 2.70. The average molecular weight is 551 g/mol. The van der Waals surface area contributed by atoms with Gasteiger partial charge >= 0.3 is 6.03 Å². The van der Waals surface area contributed by atoms with E-state index in [0.717, 1.165) is 0 Å². The van der Waals surface area contributed by atoms with Crippen molar-refractivity contribution in [3.05, 3.63) is 0 Å². The van der Waals surface area contributed by atoms with Crippen LogP contribution < -0.4 is 27.0 Å². The highest BCUT2D eigenvalue weighted by Crippen LogP contribution is 2.65. The van der Waals surface area contributed by atoms with E-state index in [9.17, 15) is 29.1 Å². The predicted octanol–water partition coefficient (Wildman–Crippen LogP) is -0.161. The van der Waals surface area contributed by atoms with E-state index in [-0.39, 0.29) is 35.5 Å². The number of carbonyl (C=O) groups is 5. The van der Waals surface area contributed by atoms with Gasteiger partial charge in [-0.05, 0) is 56.3 Å². The largest absolute Gasteiger partial charge is 0.381 e. The number of fused-ring (bicyclic) bond motifs is 1. The molecule has 1 saturated carbocycles. The van der Waals surface area contributed by atoms with Gasteiger partial charge in [-0.2, -0.15) is 0 Å². The molecule has 0 spiro atoms. The molecule has 1 aliphatic carbocycles. The van der Waals surface area contributed by atoms with Crippen LogP contribution in [0.2, 0.25) is 0 Å². The van der Waals surface area contributed by atoms with Crippen molar-refractivity contribution in [3.8, 4) is 0 Å². The Labute approximate surface area is 230 Å². The Hall–Kier alpha value is -2.89. The van der Waals surface area contributed by atoms with Crippen LogP contribution in [-0.4, -0.2) is 82.5 Å². The van der Waals surface area contributed by atoms with Gasteiger partial charge in [0.25, 0.3) is 0 Å². The molecule has 0 radical (unpaired) electrons. The van der Waals surface area contributed by atoms with Crippen LogP contribution >= 0.6 is 0 Å². The number of nitrogens with zero attached hydrogens (tertiary/aromatic N) is 1. The number of aliphatic hydroxyl groups is 1. The number of urea groups is 1. The molecule has 2 aliphatic heterocycles. The normalized spacial score (nSPS) is 28.0. The zero-order valence-corrected chi connectivity index (χ0v) is 24.4. The summed E-state index contributed by atoms with van der Waals surface area (Å²) in [7, 11) is 0. The molecule has 39 heavy (non-hydrogen) atoms. The molecule has 12 nitrogen and oxygen atoms in total. The molecule has 2 heterocycles. The molecule has 0 bridgehead atoms. The fourth-order valence-electron chi connectivity index (χ4n) is 6.05. The quantitative estimate of drug-likeness (QED) is 0.244. The number of carbonyl (C=O) groups excluding carboxylic acids is 5. The molecular weight excluding hydrogens is 504 g/mol. The fourth-order valence-corrected chi connectivity index (χ4v) is 6.05. The summed E-state index contributed by atoms with van der Waals surface area (Å²) in [5.74, 6) is -2.64. The van der Waals surface area contributed by atoms with Gasteiger partial charge in [0.2, 0.25) is 23.6 Å². The summed E-state index contributed by atoms with van der Waals surface area (Å²) >= 11 is 0. The van der Waals surface area contributed by atoms with Crippen LogP contribution in [-0.2, 0) is 19.2 Å². The first-order valence-electron chi connectivity index (χ1n) is 13.7. The monoisotopic (exact) mass is 550 g/mol. The minimum absolute atomic E-state index is 0.0407. The van der Waals surface area contributed by atoms with Gasteiger partial charge in [0.15, 0.2) is 6.10 Å². The van der Waals surface area contributed by atoms with Crippen molar-refractivity contribution in [2.24, 2.45) is 34.3 Å². The lowest BCUT2D eigenvalue weighted by molar-refractivity contribution is -0.144. The Balaban J connectivity index is 1.85. The Morgan fingerprint density at radius 2 is 1.74 bits per heavy atom. The summed E-state index contributed by atoms with van der Waals surface area (Å²) < 4.78 is 0. The first-order chi connectivity index (χ1) is 17.8. The van der Waals surface area contributed by atoms with Crippen LogP contribution in [0, 0.1) is 28.6 Å². The summed E-state index contributed by atoms with van der Waals surface area (Å²) in [6.07, 6.45) is -1.14. The van der Waals surface area contributed by atoms with Gasteiger partial charge in [0, 0.05) is 24.5 Å². The Morgan fingerprint density at radius 1 is 1.13 bits per heavy atom. The molecule has 12 heteroatoms. The van der Waals surface area contributed by atoms with Crippen LogP contribution in [0.4, 0.5) is 4.79 Å². The number of amides is 6. The van der Waals surface area contributed by atoms with Gasteiger partial charge in [-0.25, -0.2) is 4.79 Å². The first kappa shape index (κ1) is 30.6. The molecule has 6 amide bonds. The molecule has 0 aromatic carbocycles.